The number of benzene rings is 1. The molecule has 1 aromatic carbocycles. The summed E-state index contributed by atoms with van der Waals surface area (Å²) >= 11 is 0. The van der Waals surface area contributed by atoms with E-state index >= 15 is 0 Å². The van der Waals surface area contributed by atoms with Crippen LogP contribution in [-0.4, -0.2) is 11.0 Å². The lowest BCUT2D eigenvalue weighted by Crippen LogP contribution is -2.15. The maximum absolute atomic E-state index is 10.6. The molecule has 0 spiro atoms. The summed E-state index contributed by atoms with van der Waals surface area (Å²) in [5.74, 6) is 0.753. The summed E-state index contributed by atoms with van der Waals surface area (Å²) in [6, 6.07) is 5.28. The van der Waals surface area contributed by atoms with Crippen molar-refractivity contribution in [3.05, 3.63) is 28.3 Å². The third-order valence-corrected chi connectivity index (χ3v) is 3.29. The second-order valence-corrected chi connectivity index (χ2v) is 4.79. The molecule has 1 aromatic rings. The van der Waals surface area contributed by atoms with Crippen molar-refractivity contribution < 1.29 is 4.92 Å². The molecule has 5 nitrogen and oxygen atoms in total. The van der Waals surface area contributed by atoms with E-state index in [1.54, 1.807) is 12.1 Å². The van der Waals surface area contributed by atoms with E-state index in [9.17, 15) is 10.1 Å². The normalized spacial score (nSPS) is 23.6. The Morgan fingerprint density at radius 1 is 1.47 bits per heavy atom. The fourth-order valence-electron chi connectivity index (χ4n) is 2.38. The highest BCUT2D eigenvalue weighted by atomic mass is 16.6. The van der Waals surface area contributed by atoms with Crippen LogP contribution < -0.4 is 11.1 Å². The van der Waals surface area contributed by atoms with Crippen LogP contribution in [0.15, 0.2) is 18.2 Å². The molecule has 0 aliphatic heterocycles. The molecular formula is C12H17N3O2. The van der Waals surface area contributed by atoms with Crippen LogP contribution in [-0.2, 0) is 0 Å². The minimum atomic E-state index is -0.462. The Hall–Kier alpha value is -1.78. The van der Waals surface area contributed by atoms with Gasteiger partial charge in [-0.25, -0.2) is 0 Å². The second kappa shape index (κ2) is 4.61. The van der Waals surface area contributed by atoms with Crippen molar-refractivity contribution in [2.45, 2.75) is 32.2 Å². The number of nitrogens with two attached hydrogens (primary N) is 1. The number of nitrogen functional groups attached to an aromatic ring is 1. The smallest absolute Gasteiger partial charge is 0.292 e. The number of nitro groups is 1. The van der Waals surface area contributed by atoms with E-state index in [1.165, 1.54) is 12.5 Å². The van der Waals surface area contributed by atoms with Gasteiger partial charge in [-0.05, 0) is 37.3 Å². The molecule has 0 heterocycles. The molecule has 17 heavy (non-hydrogen) atoms. The monoisotopic (exact) mass is 235 g/mol. The number of nitrogens with zero attached hydrogens (tertiary/aromatic N) is 1. The van der Waals surface area contributed by atoms with Crippen LogP contribution in [0, 0.1) is 16.0 Å². The molecule has 1 saturated carbocycles. The predicted molar refractivity (Wildman–Crippen MR) is 67.9 cm³/mol. The number of rotatable bonds is 3. The maximum atomic E-state index is 10.6. The number of anilines is 2. The van der Waals surface area contributed by atoms with Gasteiger partial charge in [0.2, 0.25) is 0 Å². The molecule has 1 aliphatic carbocycles. The van der Waals surface area contributed by atoms with Crippen LogP contribution in [0.25, 0.3) is 0 Å². The first-order valence-corrected chi connectivity index (χ1v) is 5.86. The van der Waals surface area contributed by atoms with E-state index in [2.05, 4.69) is 12.2 Å². The molecule has 0 aromatic heterocycles. The van der Waals surface area contributed by atoms with Crippen molar-refractivity contribution in [3.63, 3.8) is 0 Å². The van der Waals surface area contributed by atoms with E-state index in [0.717, 1.165) is 24.4 Å². The van der Waals surface area contributed by atoms with Gasteiger partial charge in [0.1, 0.15) is 5.69 Å². The molecule has 2 atom stereocenters. The molecule has 92 valence electrons. The fraction of sp³-hybridized carbons (Fsp3) is 0.500. The summed E-state index contributed by atoms with van der Waals surface area (Å²) in [6.07, 6.45) is 3.54. The summed E-state index contributed by atoms with van der Waals surface area (Å²) < 4.78 is 0. The third-order valence-electron chi connectivity index (χ3n) is 3.29. The van der Waals surface area contributed by atoms with Gasteiger partial charge >= 0.3 is 0 Å². The van der Waals surface area contributed by atoms with Crippen molar-refractivity contribution in [3.8, 4) is 0 Å². The van der Waals surface area contributed by atoms with Gasteiger partial charge in [-0.2, -0.15) is 0 Å². The fourth-order valence-corrected chi connectivity index (χ4v) is 2.38. The largest absolute Gasteiger partial charge is 0.393 e. The lowest BCUT2D eigenvalue weighted by Gasteiger charge is -2.14. The molecule has 0 bridgehead atoms. The molecule has 1 aliphatic rings. The highest BCUT2D eigenvalue weighted by molar-refractivity contribution is 5.66. The topological polar surface area (TPSA) is 81.2 Å². The Balaban J connectivity index is 2.07. The van der Waals surface area contributed by atoms with Crippen LogP contribution in [0.2, 0.25) is 0 Å². The number of hydrogen-bond acceptors (Lipinski definition) is 4. The van der Waals surface area contributed by atoms with Crippen molar-refractivity contribution in [1.29, 1.82) is 0 Å². The molecule has 5 heteroatoms. The van der Waals surface area contributed by atoms with Gasteiger partial charge in [-0.15, -0.1) is 0 Å². The summed E-state index contributed by atoms with van der Waals surface area (Å²) in [4.78, 5) is 10.2. The summed E-state index contributed by atoms with van der Waals surface area (Å²) in [6.45, 7) is 2.24. The lowest BCUT2D eigenvalue weighted by molar-refractivity contribution is -0.383. The number of nitro benzene ring substituents is 1. The van der Waals surface area contributed by atoms with E-state index in [1.807, 2.05) is 0 Å². The predicted octanol–water partition coefficient (Wildman–Crippen LogP) is 2.78. The van der Waals surface area contributed by atoms with Crippen LogP contribution >= 0.6 is 0 Å². The van der Waals surface area contributed by atoms with Crippen molar-refractivity contribution >= 4 is 17.1 Å². The zero-order valence-corrected chi connectivity index (χ0v) is 9.85. The van der Waals surface area contributed by atoms with E-state index in [0.29, 0.717) is 6.04 Å². The quantitative estimate of drug-likeness (QED) is 0.479. The molecule has 0 saturated heterocycles. The van der Waals surface area contributed by atoms with Gasteiger partial charge < -0.3 is 11.1 Å². The molecule has 0 radical (unpaired) electrons. The van der Waals surface area contributed by atoms with Crippen molar-refractivity contribution in [2.24, 2.45) is 5.92 Å². The van der Waals surface area contributed by atoms with Gasteiger partial charge in [0.15, 0.2) is 0 Å². The highest BCUT2D eigenvalue weighted by Gasteiger charge is 2.21. The van der Waals surface area contributed by atoms with E-state index < -0.39 is 4.92 Å². The van der Waals surface area contributed by atoms with E-state index in [-0.39, 0.29) is 11.4 Å². The van der Waals surface area contributed by atoms with Crippen LogP contribution in [0.5, 0.6) is 0 Å². The summed E-state index contributed by atoms with van der Waals surface area (Å²) in [7, 11) is 0. The zero-order chi connectivity index (χ0) is 12.4. The van der Waals surface area contributed by atoms with Crippen LogP contribution in [0.3, 0.4) is 0 Å². The molecule has 1 fully saturated rings. The Labute approximate surface area is 100 Å². The molecule has 2 rings (SSSR count). The molecule has 2 unspecified atom stereocenters. The molecular weight excluding hydrogens is 218 g/mol. The Kier molecular flexibility index (Phi) is 3.17. The van der Waals surface area contributed by atoms with Gasteiger partial charge in [0.25, 0.3) is 5.69 Å². The first-order valence-electron chi connectivity index (χ1n) is 5.86. The minimum absolute atomic E-state index is 0.0321. The summed E-state index contributed by atoms with van der Waals surface area (Å²) in [5.41, 5.74) is 6.69. The van der Waals surface area contributed by atoms with Crippen LogP contribution in [0.4, 0.5) is 17.1 Å². The van der Waals surface area contributed by atoms with Gasteiger partial charge in [-0.1, -0.05) is 6.92 Å². The van der Waals surface area contributed by atoms with Gasteiger partial charge in [0.05, 0.1) is 4.92 Å². The maximum Gasteiger partial charge on any atom is 0.292 e. The van der Waals surface area contributed by atoms with Gasteiger partial charge in [-0.3, -0.25) is 10.1 Å². The number of nitrogens with one attached hydrogen (secondary N) is 1. The first kappa shape index (κ1) is 11.7. The second-order valence-electron chi connectivity index (χ2n) is 4.79. The molecule has 0 amide bonds. The average Bonchev–Trinajstić information content (AvgIpc) is 2.63. The Bertz CT molecular complexity index is 434. The summed E-state index contributed by atoms with van der Waals surface area (Å²) in [5, 5.41) is 14.0. The lowest BCUT2D eigenvalue weighted by atomic mass is 10.1. The number of hydrogen-bond donors (Lipinski definition) is 2. The third kappa shape index (κ3) is 2.67. The standard InChI is InChI=1S/C12H17N3O2/c1-8-2-3-9(6-8)14-10-4-5-12(15(16)17)11(13)7-10/h4-5,7-9,14H,2-3,6,13H2,1H3. The van der Waals surface area contributed by atoms with Crippen LogP contribution in [0.1, 0.15) is 26.2 Å². The first-order chi connectivity index (χ1) is 8.06. The van der Waals surface area contributed by atoms with E-state index in [4.69, 9.17) is 5.73 Å². The minimum Gasteiger partial charge on any atom is -0.393 e. The molecule has 3 N–H and O–H groups in total. The van der Waals surface area contributed by atoms with Crippen molar-refractivity contribution in [2.75, 3.05) is 11.1 Å². The Morgan fingerprint density at radius 2 is 2.24 bits per heavy atom. The Morgan fingerprint density at radius 3 is 2.76 bits per heavy atom. The highest BCUT2D eigenvalue weighted by Crippen LogP contribution is 2.30. The van der Waals surface area contributed by atoms with Gasteiger partial charge in [0, 0.05) is 17.8 Å². The average molecular weight is 235 g/mol. The van der Waals surface area contributed by atoms with Crippen molar-refractivity contribution in [1.82, 2.24) is 0 Å². The zero-order valence-electron chi connectivity index (χ0n) is 9.85. The SMILES string of the molecule is CC1CCC(Nc2ccc([N+](=O)[O-])c(N)c2)C1.